The maximum Gasteiger partial charge on any atom is 0.148 e. The monoisotopic (exact) mass is 1120 g/mol. The van der Waals surface area contributed by atoms with Crippen LogP contribution < -0.4 is 9.80 Å². The third-order valence-electron chi connectivity index (χ3n) is 16.8. The quantitative estimate of drug-likeness (QED) is 0.126. The number of nitrogens with zero attached hydrogens (tertiary/aromatic N) is 2. The van der Waals surface area contributed by atoms with Crippen molar-refractivity contribution in [1.82, 2.24) is 0 Å². The van der Waals surface area contributed by atoms with Crippen molar-refractivity contribution in [3.8, 4) is 33.4 Å². The maximum atomic E-state index is 18.6. The molecule has 2 aromatic heterocycles. The van der Waals surface area contributed by atoms with Crippen LogP contribution in [0.25, 0.3) is 112 Å². The van der Waals surface area contributed by atoms with Gasteiger partial charge in [0.15, 0.2) is 0 Å². The van der Waals surface area contributed by atoms with Crippen molar-refractivity contribution < 1.29 is 8.78 Å². The summed E-state index contributed by atoms with van der Waals surface area (Å²) >= 11 is 3.48. The summed E-state index contributed by atoms with van der Waals surface area (Å²) in [5.74, 6) is -0.657. The van der Waals surface area contributed by atoms with Gasteiger partial charge in [-0.3, -0.25) is 0 Å². The molecule has 15 aromatic rings. The molecule has 0 aliphatic heterocycles. The van der Waals surface area contributed by atoms with E-state index in [1.54, 1.807) is 34.8 Å². The number of fused-ring (bicyclic) bond motifs is 6. The highest BCUT2D eigenvalue weighted by Gasteiger charge is 2.31. The van der Waals surface area contributed by atoms with Gasteiger partial charge in [-0.2, -0.15) is 0 Å². The van der Waals surface area contributed by atoms with Gasteiger partial charge < -0.3 is 9.80 Å². The molecule has 0 radical (unpaired) electrons. The van der Waals surface area contributed by atoms with Crippen LogP contribution in [0.3, 0.4) is 0 Å². The summed E-state index contributed by atoms with van der Waals surface area (Å²) in [5.41, 5.74) is 11.5. The standard InChI is InChI=1S/C78H50F2N2S2/c79-65-47-55(49-21-9-4-10-22-49)45-63(51-25-7-2-1-3-8-26-51)75(65)81(69-33-19-31-59-57-29-15-17-35-71(57)83-77(59)69)67-43-39-53-38-42-62-68(44-40-54-37-41-61(67)73(53)74(54)62)82(70-34-20-32-60-58-30-16-18-36-72(58)84-78(60)70)76-64(52-27-13-6-14-28-52)46-56(48-66(76)80)50-23-11-5-12-24-50/h1-7,9-24,26-48H,8,25H2/b3-1?,7-2-,51-26+. The van der Waals surface area contributed by atoms with Gasteiger partial charge >= 0.3 is 0 Å². The molecule has 0 saturated carbocycles. The zero-order valence-electron chi connectivity index (χ0n) is 45.4. The van der Waals surface area contributed by atoms with Gasteiger partial charge in [0.05, 0.1) is 43.5 Å². The topological polar surface area (TPSA) is 6.48 Å². The number of rotatable bonds is 10. The first-order valence-electron chi connectivity index (χ1n) is 28.5. The average molecular weight is 1120 g/mol. The predicted molar refractivity (Wildman–Crippen MR) is 357 cm³/mol. The van der Waals surface area contributed by atoms with Gasteiger partial charge in [-0.15, -0.1) is 22.7 Å². The lowest BCUT2D eigenvalue weighted by Crippen LogP contribution is -2.15. The van der Waals surface area contributed by atoms with Crippen LogP contribution in [0.2, 0.25) is 0 Å². The number of allylic oxidation sites excluding steroid dienone is 6. The molecule has 0 unspecified atom stereocenters. The smallest absolute Gasteiger partial charge is 0.148 e. The Kier molecular flexibility index (Phi) is 12.1. The molecule has 0 amide bonds. The molecule has 1 aliphatic rings. The molecule has 2 nitrogen and oxygen atoms in total. The van der Waals surface area contributed by atoms with E-state index >= 15 is 8.78 Å². The molecule has 1 aliphatic carbocycles. The fourth-order valence-electron chi connectivity index (χ4n) is 13.0. The Morgan fingerprint density at radius 1 is 0.333 bits per heavy atom. The van der Waals surface area contributed by atoms with E-state index in [1.165, 1.54) is 10.1 Å². The number of anilines is 6. The molecule has 0 fully saturated rings. The van der Waals surface area contributed by atoms with Gasteiger partial charge in [0.2, 0.25) is 0 Å². The molecular formula is C78H50F2N2S2. The number of halogens is 2. The Labute approximate surface area is 493 Å². The van der Waals surface area contributed by atoms with Crippen LogP contribution in [-0.2, 0) is 0 Å². The fourth-order valence-corrected chi connectivity index (χ4v) is 15.4. The van der Waals surface area contributed by atoms with Crippen molar-refractivity contribution in [3.05, 3.63) is 296 Å². The van der Waals surface area contributed by atoms with E-state index in [2.05, 4.69) is 210 Å². The summed E-state index contributed by atoms with van der Waals surface area (Å²) in [6.07, 6.45) is 12.1. The van der Waals surface area contributed by atoms with E-state index in [9.17, 15) is 0 Å². The summed E-state index contributed by atoms with van der Waals surface area (Å²) < 4.78 is 41.5. The van der Waals surface area contributed by atoms with E-state index in [0.717, 1.165) is 130 Å². The highest BCUT2D eigenvalue weighted by atomic mass is 32.1. The Morgan fingerprint density at radius 2 is 0.774 bits per heavy atom. The molecule has 0 spiro atoms. The lowest BCUT2D eigenvalue weighted by Gasteiger charge is -2.32. The fraction of sp³-hybridized carbons (Fsp3) is 0.0256. The summed E-state index contributed by atoms with van der Waals surface area (Å²) in [5, 5.41) is 10.7. The second-order valence-corrected chi connectivity index (χ2v) is 23.7. The van der Waals surface area contributed by atoms with Gasteiger partial charge in [-0.05, 0) is 128 Å². The molecule has 16 rings (SSSR count). The van der Waals surface area contributed by atoms with Crippen LogP contribution in [-0.4, -0.2) is 0 Å². The van der Waals surface area contributed by atoms with Crippen molar-refractivity contribution in [3.63, 3.8) is 0 Å². The molecule has 13 aromatic carbocycles. The van der Waals surface area contributed by atoms with Crippen LogP contribution in [0, 0.1) is 11.6 Å². The Hall–Kier alpha value is -9.98. The molecule has 2 heterocycles. The lowest BCUT2D eigenvalue weighted by atomic mass is 9.90. The maximum absolute atomic E-state index is 18.6. The minimum atomic E-state index is -0.339. The second-order valence-electron chi connectivity index (χ2n) is 21.6. The first kappa shape index (κ1) is 49.8. The highest BCUT2D eigenvalue weighted by Crippen LogP contribution is 2.55. The van der Waals surface area contributed by atoms with Crippen LogP contribution in [0.15, 0.2) is 279 Å². The number of benzene rings is 13. The first-order valence-corrected chi connectivity index (χ1v) is 30.1. The van der Waals surface area contributed by atoms with E-state index in [1.807, 2.05) is 66.7 Å². The molecule has 0 atom stereocenters. The predicted octanol–water partition coefficient (Wildman–Crippen LogP) is 23.8. The average Bonchev–Trinajstić information content (AvgIpc) is 1.24. The van der Waals surface area contributed by atoms with Gasteiger partial charge in [-0.1, -0.05) is 218 Å². The molecule has 0 bridgehead atoms. The van der Waals surface area contributed by atoms with E-state index in [4.69, 9.17) is 0 Å². The molecule has 0 saturated heterocycles. The Morgan fingerprint density at radius 3 is 1.31 bits per heavy atom. The highest BCUT2D eigenvalue weighted by molar-refractivity contribution is 7.26. The van der Waals surface area contributed by atoms with E-state index in [-0.39, 0.29) is 11.6 Å². The SMILES string of the molecule is Fc1cc(-c2ccccc2)cc(/C2=C/CC=C/C=C\C2)c1N(c1ccc2ccc3c(N(c4c(F)cc(-c5ccccc5)cc4-c4ccccc4)c4cccc5c4sc4ccccc45)ccc4ccc1c2c43)c1cccc2c1sc1ccccc12. The van der Waals surface area contributed by atoms with Gasteiger partial charge in [0.1, 0.15) is 11.6 Å². The minimum absolute atomic E-state index is 0.319. The minimum Gasteiger partial charge on any atom is -0.305 e. The van der Waals surface area contributed by atoms with Crippen LogP contribution in [0.1, 0.15) is 18.4 Å². The van der Waals surface area contributed by atoms with E-state index in [0.29, 0.717) is 24.2 Å². The molecule has 84 heavy (non-hydrogen) atoms. The van der Waals surface area contributed by atoms with Crippen molar-refractivity contribution in [2.45, 2.75) is 12.8 Å². The zero-order valence-corrected chi connectivity index (χ0v) is 47.1. The number of hydrogen-bond donors (Lipinski definition) is 0. The summed E-state index contributed by atoms with van der Waals surface area (Å²) in [7, 11) is 0. The normalized spacial score (nSPS) is 13.8. The lowest BCUT2D eigenvalue weighted by molar-refractivity contribution is 0.629. The van der Waals surface area contributed by atoms with Gasteiger partial charge in [0.25, 0.3) is 0 Å². The van der Waals surface area contributed by atoms with Crippen molar-refractivity contribution in [2.75, 3.05) is 9.80 Å². The Bertz CT molecular complexity index is 5170. The number of thiophene rings is 2. The van der Waals surface area contributed by atoms with E-state index < -0.39 is 0 Å². The molecule has 0 N–H and O–H groups in total. The summed E-state index contributed by atoms with van der Waals surface area (Å²) in [4.78, 5) is 4.40. The first-order chi connectivity index (χ1) is 41.5. The van der Waals surface area contributed by atoms with Gasteiger partial charge in [-0.25, -0.2) is 8.78 Å². The third-order valence-corrected chi connectivity index (χ3v) is 19.2. The largest absolute Gasteiger partial charge is 0.305 e. The summed E-state index contributed by atoms with van der Waals surface area (Å²) in [6.45, 7) is 0. The van der Waals surface area contributed by atoms with Crippen LogP contribution >= 0.6 is 22.7 Å². The molecular weight excluding hydrogens is 1070 g/mol. The molecule has 6 heteroatoms. The van der Waals surface area contributed by atoms with Crippen molar-refractivity contribution in [1.29, 1.82) is 0 Å². The summed E-state index contributed by atoms with van der Waals surface area (Å²) in [6, 6.07) is 85.8. The molecule has 398 valence electrons. The van der Waals surface area contributed by atoms with Gasteiger partial charge in [0, 0.05) is 52.8 Å². The third kappa shape index (κ3) is 8.24. The zero-order chi connectivity index (χ0) is 55.8. The second kappa shape index (κ2) is 20.5. The van der Waals surface area contributed by atoms with Crippen molar-refractivity contribution in [2.24, 2.45) is 0 Å². The Balaban J connectivity index is 0.995. The van der Waals surface area contributed by atoms with Crippen LogP contribution in [0.4, 0.5) is 42.9 Å². The van der Waals surface area contributed by atoms with Crippen LogP contribution in [0.5, 0.6) is 0 Å². The number of hydrogen-bond acceptors (Lipinski definition) is 4. The van der Waals surface area contributed by atoms with Crippen molar-refractivity contribution >= 4 is 135 Å².